The molecule has 2 aromatic rings. The number of rotatable bonds is 8. The summed E-state index contributed by atoms with van der Waals surface area (Å²) in [6.45, 7) is 4.20. The molecule has 3 rings (SSSR count). The van der Waals surface area contributed by atoms with Gasteiger partial charge in [0.05, 0.1) is 6.42 Å². The van der Waals surface area contributed by atoms with E-state index in [1.165, 1.54) is 6.42 Å². The SMILES string of the molecule is CC[C@@H](C(=O)NC1CCCCC1)N(Cc1ccc(Cl)cc1Cl)C(=O)Cc1ccccc1C. The Bertz CT molecular complexity index is 941. The van der Waals surface area contributed by atoms with Crippen molar-refractivity contribution in [2.24, 2.45) is 0 Å². The minimum absolute atomic E-state index is 0.0809. The third kappa shape index (κ3) is 6.49. The molecule has 1 saturated carbocycles. The van der Waals surface area contributed by atoms with Crippen LogP contribution in [0, 0.1) is 6.92 Å². The number of hydrogen-bond donors (Lipinski definition) is 1. The number of amides is 2. The van der Waals surface area contributed by atoms with Crippen molar-refractivity contribution in [3.05, 3.63) is 69.2 Å². The second kappa shape index (κ2) is 11.7. The lowest BCUT2D eigenvalue weighted by atomic mass is 9.95. The molecule has 32 heavy (non-hydrogen) atoms. The predicted molar refractivity (Wildman–Crippen MR) is 131 cm³/mol. The molecular weight excluding hydrogens is 443 g/mol. The van der Waals surface area contributed by atoms with Gasteiger partial charge in [-0.3, -0.25) is 9.59 Å². The molecule has 2 amide bonds. The largest absolute Gasteiger partial charge is 0.352 e. The van der Waals surface area contributed by atoms with E-state index < -0.39 is 6.04 Å². The molecule has 1 atom stereocenters. The van der Waals surface area contributed by atoms with E-state index in [-0.39, 0.29) is 30.8 Å². The van der Waals surface area contributed by atoms with Crippen molar-refractivity contribution in [3.8, 4) is 0 Å². The smallest absolute Gasteiger partial charge is 0.243 e. The lowest BCUT2D eigenvalue weighted by Gasteiger charge is -2.33. The van der Waals surface area contributed by atoms with Crippen LogP contribution in [0.15, 0.2) is 42.5 Å². The molecule has 0 aliphatic heterocycles. The predicted octanol–water partition coefficient (Wildman–Crippen LogP) is 6.10. The van der Waals surface area contributed by atoms with E-state index >= 15 is 0 Å². The fourth-order valence-electron chi connectivity index (χ4n) is 4.37. The van der Waals surface area contributed by atoms with Crippen LogP contribution < -0.4 is 5.32 Å². The number of nitrogens with zero attached hydrogens (tertiary/aromatic N) is 1. The van der Waals surface area contributed by atoms with Crippen molar-refractivity contribution in [2.45, 2.75) is 77.4 Å². The minimum atomic E-state index is -0.555. The van der Waals surface area contributed by atoms with Crippen molar-refractivity contribution in [2.75, 3.05) is 0 Å². The summed E-state index contributed by atoms with van der Waals surface area (Å²) in [6, 6.07) is 12.7. The number of halogens is 2. The summed E-state index contributed by atoms with van der Waals surface area (Å²) in [4.78, 5) is 28.5. The molecule has 1 aliphatic carbocycles. The van der Waals surface area contributed by atoms with E-state index in [0.29, 0.717) is 16.5 Å². The van der Waals surface area contributed by atoms with Crippen LogP contribution in [0.5, 0.6) is 0 Å². The molecular formula is C26H32Cl2N2O2. The van der Waals surface area contributed by atoms with Gasteiger partial charge in [-0.2, -0.15) is 0 Å². The Labute approximate surface area is 201 Å². The Balaban J connectivity index is 1.85. The van der Waals surface area contributed by atoms with Crippen LogP contribution in [0.25, 0.3) is 0 Å². The van der Waals surface area contributed by atoms with Crippen LogP contribution >= 0.6 is 23.2 Å². The van der Waals surface area contributed by atoms with Gasteiger partial charge in [-0.25, -0.2) is 0 Å². The van der Waals surface area contributed by atoms with Gasteiger partial charge in [0.2, 0.25) is 11.8 Å². The van der Waals surface area contributed by atoms with Crippen molar-refractivity contribution in [1.82, 2.24) is 10.2 Å². The maximum absolute atomic E-state index is 13.5. The highest BCUT2D eigenvalue weighted by molar-refractivity contribution is 6.35. The van der Waals surface area contributed by atoms with Crippen molar-refractivity contribution in [3.63, 3.8) is 0 Å². The minimum Gasteiger partial charge on any atom is -0.352 e. The maximum Gasteiger partial charge on any atom is 0.243 e. The number of aryl methyl sites for hydroxylation is 1. The highest BCUT2D eigenvalue weighted by atomic mass is 35.5. The first kappa shape index (κ1) is 24.6. The standard InChI is InChI=1S/C26H32Cl2N2O2/c1-3-24(26(32)29-22-11-5-4-6-12-22)30(17-20-13-14-21(27)16-23(20)28)25(31)15-19-10-8-7-9-18(19)2/h7-10,13-14,16,22,24H,3-6,11-12,15,17H2,1-2H3,(H,29,32)/t24-/m0/s1. The second-order valence-corrected chi connectivity index (χ2v) is 9.47. The Kier molecular flexibility index (Phi) is 9.01. The summed E-state index contributed by atoms with van der Waals surface area (Å²) in [5, 5.41) is 4.24. The summed E-state index contributed by atoms with van der Waals surface area (Å²) in [5.41, 5.74) is 2.80. The lowest BCUT2D eigenvalue weighted by molar-refractivity contribution is -0.141. The number of carbonyl (C=O) groups excluding carboxylic acids is 2. The lowest BCUT2D eigenvalue weighted by Crippen LogP contribution is -2.52. The zero-order valence-corrected chi connectivity index (χ0v) is 20.4. The van der Waals surface area contributed by atoms with Gasteiger partial charge in [0.25, 0.3) is 0 Å². The number of hydrogen-bond acceptors (Lipinski definition) is 2. The third-order valence-electron chi connectivity index (χ3n) is 6.30. The molecule has 0 unspecified atom stereocenters. The molecule has 0 aromatic heterocycles. The molecule has 0 radical (unpaired) electrons. The van der Waals surface area contributed by atoms with Crippen molar-refractivity contribution in [1.29, 1.82) is 0 Å². The van der Waals surface area contributed by atoms with Crippen LogP contribution in [-0.2, 0) is 22.6 Å². The second-order valence-electron chi connectivity index (χ2n) is 8.63. The molecule has 0 spiro atoms. The van der Waals surface area contributed by atoms with E-state index in [1.807, 2.05) is 44.2 Å². The Hall–Kier alpha value is -2.04. The zero-order chi connectivity index (χ0) is 23.1. The Morgan fingerprint density at radius 3 is 2.44 bits per heavy atom. The Morgan fingerprint density at radius 1 is 1.06 bits per heavy atom. The first-order valence-corrected chi connectivity index (χ1v) is 12.2. The highest BCUT2D eigenvalue weighted by Gasteiger charge is 2.30. The van der Waals surface area contributed by atoms with E-state index in [2.05, 4.69) is 5.32 Å². The quantitative estimate of drug-likeness (QED) is 0.502. The topological polar surface area (TPSA) is 49.4 Å². The number of carbonyl (C=O) groups is 2. The third-order valence-corrected chi connectivity index (χ3v) is 6.88. The van der Waals surface area contributed by atoms with Crippen molar-refractivity contribution < 1.29 is 9.59 Å². The molecule has 2 aromatic carbocycles. The highest BCUT2D eigenvalue weighted by Crippen LogP contribution is 2.25. The van der Waals surface area contributed by atoms with Gasteiger partial charge >= 0.3 is 0 Å². The fraction of sp³-hybridized carbons (Fsp3) is 0.462. The van der Waals surface area contributed by atoms with E-state index in [4.69, 9.17) is 23.2 Å². The molecule has 6 heteroatoms. The average molecular weight is 475 g/mol. The van der Waals surface area contributed by atoms with Gasteiger partial charge in [0.15, 0.2) is 0 Å². The average Bonchev–Trinajstić information content (AvgIpc) is 2.77. The van der Waals surface area contributed by atoms with E-state index in [0.717, 1.165) is 42.4 Å². The molecule has 0 bridgehead atoms. The summed E-state index contributed by atoms with van der Waals surface area (Å²) in [6.07, 6.45) is 6.27. The Morgan fingerprint density at radius 2 is 1.78 bits per heavy atom. The molecule has 172 valence electrons. The molecule has 1 N–H and O–H groups in total. The molecule has 0 saturated heterocycles. The van der Waals surface area contributed by atoms with Crippen LogP contribution in [-0.4, -0.2) is 28.8 Å². The van der Waals surface area contributed by atoms with Gasteiger partial charge in [0, 0.05) is 22.6 Å². The fourth-order valence-corrected chi connectivity index (χ4v) is 4.84. The number of nitrogens with one attached hydrogen (secondary N) is 1. The summed E-state index contributed by atoms with van der Waals surface area (Å²) < 4.78 is 0. The number of benzene rings is 2. The van der Waals surface area contributed by atoms with Crippen LogP contribution in [0.1, 0.15) is 62.1 Å². The van der Waals surface area contributed by atoms with Gasteiger partial charge in [-0.05, 0) is 55.0 Å². The molecule has 0 heterocycles. The first-order chi connectivity index (χ1) is 15.4. The van der Waals surface area contributed by atoms with Crippen molar-refractivity contribution >= 4 is 35.0 Å². The van der Waals surface area contributed by atoms with Gasteiger partial charge in [0.1, 0.15) is 6.04 Å². The van der Waals surface area contributed by atoms with Gasteiger partial charge in [-0.1, -0.05) is 79.7 Å². The molecule has 1 fully saturated rings. The van der Waals surface area contributed by atoms with Crippen LogP contribution in [0.4, 0.5) is 0 Å². The van der Waals surface area contributed by atoms with Gasteiger partial charge < -0.3 is 10.2 Å². The first-order valence-electron chi connectivity index (χ1n) is 11.5. The van der Waals surface area contributed by atoms with Crippen LogP contribution in [0.3, 0.4) is 0 Å². The van der Waals surface area contributed by atoms with E-state index in [9.17, 15) is 9.59 Å². The summed E-state index contributed by atoms with van der Waals surface area (Å²) >= 11 is 12.5. The normalized spacial score (nSPS) is 15.2. The molecule has 1 aliphatic rings. The van der Waals surface area contributed by atoms with Crippen LogP contribution in [0.2, 0.25) is 10.0 Å². The maximum atomic E-state index is 13.5. The van der Waals surface area contributed by atoms with Gasteiger partial charge in [-0.15, -0.1) is 0 Å². The monoisotopic (exact) mass is 474 g/mol. The summed E-state index contributed by atoms with van der Waals surface area (Å²) in [7, 11) is 0. The zero-order valence-electron chi connectivity index (χ0n) is 18.9. The van der Waals surface area contributed by atoms with E-state index in [1.54, 1.807) is 17.0 Å². The summed E-state index contributed by atoms with van der Waals surface area (Å²) in [5.74, 6) is -0.168. The molecule has 4 nitrogen and oxygen atoms in total.